The molecule has 0 aliphatic carbocycles. The highest BCUT2D eigenvalue weighted by Gasteiger charge is 2.17. The smallest absolute Gasteiger partial charge is 0.269 e. The number of carbonyl (C=O) groups is 1. The zero-order valence-electron chi connectivity index (χ0n) is 11.2. The van der Waals surface area contributed by atoms with Gasteiger partial charge in [-0.1, -0.05) is 29.0 Å². The maximum atomic E-state index is 12.2. The molecule has 0 bridgehead atoms. The summed E-state index contributed by atoms with van der Waals surface area (Å²) in [7, 11) is 1.90. The summed E-state index contributed by atoms with van der Waals surface area (Å²) in [6.45, 7) is 2.80. The fourth-order valence-corrected chi connectivity index (χ4v) is 2.63. The standard InChI is InChI=1S/C13H15ClN4OS/c1-3-18(2)13-17-11(15)10(20-13)12(19)16-9-6-4-5-8(14)7-9/h4-7H,3,15H2,1-2H3,(H,16,19). The van der Waals surface area contributed by atoms with Gasteiger partial charge in [-0.05, 0) is 25.1 Å². The summed E-state index contributed by atoms with van der Waals surface area (Å²) in [5.41, 5.74) is 6.43. The number of benzene rings is 1. The number of aromatic nitrogens is 1. The average molecular weight is 311 g/mol. The maximum Gasteiger partial charge on any atom is 0.269 e. The topological polar surface area (TPSA) is 71.2 Å². The molecule has 1 amide bonds. The Labute approximate surface area is 126 Å². The van der Waals surface area contributed by atoms with Gasteiger partial charge in [-0.15, -0.1) is 0 Å². The molecule has 2 rings (SSSR count). The van der Waals surface area contributed by atoms with E-state index in [0.29, 0.717) is 15.6 Å². The summed E-state index contributed by atoms with van der Waals surface area (Å²) < 4.78 is 0. The van der Waals surface area contributed by atoms with Gasteiger partial charge in [-0.2, -0.15) is 0 Å². The number of anilines is 3. The summed E-state index contributed by atoms with van der Waals surface area (Å²) >= 11 is 7.15. The van der Waals surface area contributed by atoms with Crippen LogP contribution < -0.4 is 16.0 Å². The predicted molar refractivity (Wildman–Crippen MR) is 84.9 cm³/mol. The molecule has 0 saturated carbocycles. The lowest BCUT2D eigenvalue weighted by molar-refractivity contribution is 0.103. The summed E-state index contributed by atoms with van der Waals surface area (Å²) in [5.74, 6) is -0.0390. The Morgan fingerprint density at radius 2 is 2.30 bits per heavy atom. The van der Waals surface area contributed by atoms with Gasteiger partial charge in [0.1, 0.15) is 10.7 Å². The van der Waals surface area contributed by atoms with E-state index in [0.717, 1.165) is 11.7 Å². The van der Waals surface area contributed by atoms with E-state index >= 15 is 0 Å². The lowest BCUT2D eigenvalue weighted by Crippen LogP contribution is -2.15. The fraction of sp³-hybridized carbons (Fsp3) is 0.231. The molecule has 0 aliphatic heterocycles. The quantitative estimate of drug-likeness (QED) is 0.910. The highest BCUT2D eigenvalue weighted by atomic mass is 35.5. The van der Waals surface area contributed by atoms with Crippen LogP contribution in [0.15, 0.2) is 24.3 Å². The molecule has 1 aromatic carbocycles. The summed E-state index contributed by atoms with van der Waals surface area (Å²) in [6, 6.07) is 6.95. The van der Waals surface area contributed by atoms with Crippen LogP contribution in [0, 0.1) is 0 Å². The Morgan fingerprint density at radius 3 is 2.95 bits per heavy atom. The van der Waals surface area contributed by atoms with E-state index in [1.807, 2.05) is 18.9 Å². The van der Waals surface area contributed by atoms with Crippen LogP contribution >= 0.6 is 22.9 Å². The van der Waals surface area contributed by atoms with E-state index in [1.54, 1.807) is 24.3 Å². The molecule has 7 heteroatoms. The van der Waals surface area contributed by atoms with Crippen LogP contribution in [0.5, 0.6) is 0 Å². The number of rotatable bonds is 4. The first kappa shape index (κ1) is 14.6. The largest absolute Gasteiger partial charge is 0.382 e. The van der Waals surface area contributed by atoms with Gasteiger partial charge in [0.25, 0.3) is 5.91 Å². The second-order valence-corrected chi connectivity index (χ2v) is 5.60. The molecule has 0 atom stereocenters. The number of nitrogens with zero attached hydrogens (tertiary/aromatic N) is 2. The van der Waals surface area contributed by atoms with Crippen molar-refractivity contribution in [1.82, 2.24) is 4.98 Å². The Bertz CT molecular complexity index is 629. The van der Waals surface area contributed by atoms with Crippen LogP contribution in [0.1, 0.15) is 16.6 Å². The van der Waals surface area contributed by atoms with Crippen LogP contribution in [0.3, 0.4) is 0 Å². The number of nitrogen functional groups attached to an aromatic ring is 1. The van der Waals surface area contributed by atoms with Gasteiger partial charge in [0, 0.05) is 24.3 Å². The van der Waals surface area contributed by atoms with Gasteiger partial charge in [-0.3, -0.25) is 4.79 Å². The molecule has 0 aliphatic rings. The van der Waals surface area contributed by atoms with E-state index in [2.05, 4.69) is 10.3 Å². The highest BCUT2D eigenvalue weighted by molar-refractivity contribution is 7.18. The second-order valence-electron chi connectivity index (χ2n) is 4.19. The number of nitrogens with two attached hydrogens (primary N) is 1. The molecule has 106 valence electrons. The molecule has 0 radical (unpaired) electrons. The minimum atomic E-state index is -0.280. The van der Waals surface area contributed by atoms with Crippen molar-refractivity contribution < 1.29 is 4.79 Å². The lowest BCUT2D eigenvalue weighted by atomic mass is 10.3. The van der Waals surface area contributed by atoms with Crippen molar-refractivity contribution in [3.63, 3.8) is 0 Å². The SMILES string of the molecule is CCN(C)c1nc(N)c(C(=O)Nc2cccc(Cl)c2)s1. The number of hydrogen-bond acceptors (Lipinski definition) is 5. The zero-order chi connectivity index (χ0) is 14.7. The van der Waals surface area contributed by atoms with Gasteiger partial charge in [0.15, 0.2) is 5.13 Å². The first-order chi connectivity index (χ1) is 9.51. The number of thiazole rings is 1. The van der Waals surface area contributed by atoms with Crippen molar-refractivity contribution in [1.29, 1.82) is 0 Å². The Kier molecular flexibility index (Phi) is 4.46. The zero-order valence-corrected chi connectivity index (χ0v) is 12.8. The van der Waals surface area contributed by atoms with Gasteiger partial charge < -0.3 is 16.0 Å². The van der Waals surface area contributed by atoms with E-state index in [4.69, 9.17) is 17.3 Å². The minimum Gasteiger partial charge on any atom is -0.382 e. The predicted octanol–water partition coefficient (Wildman–Crippen LogP) is 3.09. The summed E-state index contributed by atoms with van der Waals surface area (Å²) in [5, 5.41) is 4.04. The van der Waals surface area contributed by atoms with Gasteiger partial charge in [-0.25, -0.2) is 4.98 Å². The van der Waals surface area contributed by atoms with Crippen molar-refractivity contribution in [2.75, 3.05) is 29.5 Å². The number of halogens is 1. The van der Waals surface area contributed by atoms with Crippen molar-refractivity contribution in [2.45, 2.75) is 6.92 Å². The van der Waals surface area contributed by atoms with E-state index in [9.17, 15) is 4.79 Å². The lowest BCUT2D eigenvalue weighted by Gasteiger charge is -2.10. The molecule has 0 unspecified atom stereocenters. The maximum absolute atomic E-state index is 12.2. The highest BCUT2D eigenvalue weighted by Crippen LogP contribution is 2.28. The molecule has 1 heterocycles. The van der Waals surface area contributed by atoms with Crippen LogP contribution in [-0.2, 0) is 0 Å². The molecule has 5 nitrogen and oxygen atoms in total. The molecule has 3 N–H and O–H groups in total. The average Bonchev–Trinajstić information content (AvgIpc) is 2.80. The number of nitrogens with one attached hydrogen (secondary N) is 1. The van der Waals surface area contributed by atoms with Gasteiger partial charge in [0.05, 0.1) is 0 Å². The molecule has 2 aromatic rings. The Morgan fingerprint density at radius 1 is 1.55 bits per heavy atom. The Balaban J connectivity index is 2.19. The van der Waals surface area contributed by atoms with E-state index < -0.39 is 0 Å². The first-order valence-corrected chi connectivity index (χ1v) is 7.25. The summed E-state index contributed by atoms with van der Waals surface area (Å²) in [4.78, 5) is 18.7. The van der Waals surface area contributed by atoms with Crippen LogP contribution in [-0.4, -0.2) is 24.5 Å². The van der Waals surface area contributed by atoms with Gasteiger partial charge >= 0.3 is 0 Å². The molecule has 0 fully saturated rings. The third-order valence-corrected chi connectivity index (χ3v) is 4.15. The van der Waals surface area contributed by atoms with Crippen LogP contribution in [0.4, 0.5) is 16.6 Å². The molecular weight excluding hydrogens is 296 g/mol. The van der Waals surface area contributed by atoms with E-state index in [1.165, 1.54) is 11.3 Å². The molecule has 0 spiro atoms. The number of amides is 1. The van der Waals surface area contributed by atoms with Gasteiger partial charge in [0.2, 0.25) is 0 Å². The second kappa shape index (κ2) is 6.11. The Hall–Kier alpha value is -1.79. The van der Waals surface area contributed by atoms with E-state index in [-0.39, 0.29) is 11.7 Å². The fourth-order valence-electron chi connectivity index (χ4n) is 1.54. The number of carbonyl (C=O) groups excluding carboxylic acids is 1. The van der Waals surface area contributed by atoms with Crippen LogP contribution in [0.25, 0.3) is 0 Å². The molecule has 0 saturated heterocycles. The molecular formula is C13H15ClN4OS. The van der Waals surface area contributed by atoms with Crippen molar-refractivity contribution in [2.24, 2.45) is 0 Å². The van der Waals surface area contributed by atoms with Crippen molar-refractivity contribution >= 4 is 45.5 Å². The van der Waals surface area contributed by atoms with Crippen molar-refractivity contribution in [3.05, 3.63) is 34.2 Å². The van der Waals surface area contributed by atoms with Crippen LogP contribution in [0.2, 0.25) is 5.02 Å². The monoisotopic (exact) mass is 310 g/mol. The number of hydrogen-bond donors (Lipinski definition) is 2. The van der Waals surface area contributed by atoms with Crippen molar-refractivity contribution in [3.8, 4) is 0 Å². The summed E-state index contributed by atoms with van der Waals surface area (Å²) in [6.07, 6.45) is 0. The minimum absolute atomic E-state index is 0.241. The third kappa shape index (κ3) is 3.20. The normalized spacial score (nSPS) is 10.3. The third-order valence-electron chi connectivity index (χ3n) is 2.73. The molecule has 1 aromatic heterocycles. The first-order valence-electron chi connectivity index (χ1n) is 6.05. The molecule has 20 heavy (non-hydrogen) atoms.